The lowest BCUT2D eigenvalue weighted by Gasteiger charge is -2.51. The lowest BCUT2D eigenvalue weighted by molar-refractivity contribution is -0.393. The Morgan fingerprint density at radius 3 is 1.87 bits per heavy atom. The van der Waals surface area contributed by atoms with Crippen molar-refractivity contribution in [3.8, 4) is 0 Å². The first kappa shape index (κ1) is 43.7. The van der Waals surface area contributed by atoms with Gasteiger partial charge in [0.25, 0.3) is 0 Å². The van der Waals surface area contributed by atoms with Crippen LogP contribution in [-0.2, 0) is 33.2 Å². The van der Waals surface area contributed by atoms with E-state index >= 15 is 0 Å². The van der Waals surface area contributed by atoms with Crippen molar-refractivity contribution in [1.29, 1.82) is 0 Å². The lowest BCUT2D eigenvalue weighted by atomic mass is 9.76. The van der Waals surface area contributed by atoms with Crippen molar-refractivity contribution in [2.24, 2.45) is 11.8 Å². The molecule has 0 radical (unpaired) electrons. The van der Waals surface area contributed by atoms with E-state index in [4.69, 9.17) is 33.2 Å². The number of rotatable bonds is 17. The minimum Gasteiger partial charge on any atom is -0.396 e. The zero-order chi connectivity index (χ0) is 38.3. The van der Waals surface area contributed by atoms with Crippen molar-refractivity contribution in [3.05, 3.63) is 12.7 Å². The van der Waals surface area contributed by atoms with Gasteiger partial charge < -0.3 is 89.3 Å². The van der Waals surface area contributed by atoms with Gasteiger partial charge in [0.2, 0.25) is 0 Å². The molecule has 4 rings (SSSR count). The van der Waals surface area contributed by atoms with Gasteiger partial charge in [0.05, 0.1) is 37.6 Å². The average Bonchev–Trinajstić information content (AvgIpc) is 3.13. The van der Waals surface area contributed by atoms with Crippen molar-refractivity contribution >= 4 is 0 Å². The lowest BCUT2D eigenvalue weighted by Crippen LogP contribution is -2.67. The zero-order valence-electron chi connectivity index (χ0n) is 29.7. The molecular weight excluding hydrogens is 696 g/mol. The molecule has 0 aromatic rings. The highest BCUT2D eigenvalue weighted by atomic mass is 16.8. The summed E-state index contributed by atoms with van der Waals surface area (Å²) in [6.45, 7) is 4.92. The van der Waals surface area contributed by atoms with Crippen molar-refractivity contribution in [1.82, 2.24) is 0 Å². The van der Waals surface area contributed by atoms with Gasteiger partial charge >= 0.3 is 0 Å². The minimum absolute atomic E-state index is 0.0245. The summed E-state index contributed by atoms with van der Waals surface area (Å²) in [5.74, 6) is -1.55. The summed E-state index contributed by atoms with van der Waals surface area (Å²) in [5, 5.41) is 117. The van der Waals surface area contributed by atoms with Crippen LogP contribution in [0.1, 0.15) is 52.4 Å². The maximum Gasteiger partial charge on any atom is 0.187 e. The van der Waals surface area contributed by atoms with Crippen LogP contribution in [0.2, 0.25) is 0 Å². The third kappa shape index (κ3) is 10.1. The summed E-state index contributed by atoms with van der Waals surface area (Å²) in [7, 11) is 0. The highest BCUT2D eigenvalue weighted by Crippen LogP contribution is 2.38. The summed E-state index contributed by atoms with van der Waals surface area (Å²) >= 11 is 0. The van der Waals surface area contributed by atoms with Crippen molar-refractivity contribution in [2.75, 3.05) is 26.4 Å². The molecule has 1 saturated carbocycles. The Balaban J connectivity index is 1.59. The summed E-state index contributed by atoms with van der Waals surface area (Å²) in [4.78, 5) is 0. The molecule has 0 spiro atoms. The van der Waals surface area contributed by atoms with Gasteiger partial charge in [-0.25, -0.2) is 0 Å². The van der Waals surface area contributed by atoms with E-state index in [0.717, 1.165) is 25.7 Å². The first-order chi connectivity index (χ1) is 24.8. The van der Waals surface area contributed by atoms with Gasteiger partial charge in [0.15, 0.2) is 18.9 Å². The van der Waals surface area contributed by atoms with E-state index in [2.05, 4.69) is 6.58 Å². The Bertz CT molecular complexity index is 1050. The van der Waals surface area contributed by atoms with E-state index in [9.17, 15) is 56.2 Å². The standard InChI is InChI=1S/C34H60O18/c1-4-5-6-7-8-9-10-46-32-28(45)26(43)29(20(14-37)50-32)51-34-31(52-33-27(44)25(42)22(39)16(3)47-33)30(24(41)19(13-36)49-34)48-18-11-17(12-35)23(40)21(38)15(18)2/h4,15-45H,1,5-14H2,2-3H3/t15?,16?,17?,18-,19?,20?,21+,22+,23-,24-,25-,26+,27?,28?,29+,30-,31?,32+,33-,34-/m0/s1. The van der Waals surface area contributed by atoms with Crippen LogP contribution < -0.4 is 0 Å². The molecule has 3 saturated heterocycles. The van der Waals surface area contributed by atoms with Crippen LogP contribution in [0.4, 0.5) is 0 Å². The second-order valence-electron chi connectivity index (χ2n) is 14.3. The quantitative estimate of drug-likeness (QED) is 0.0505. The fourth-order valence-electron chi connectivity index (χ4n) is 7.21. The van der Waals surface area contributed by atoms with Gasteiger partial charge in [0.1, 0.15) is 67.1 Å². The molecule has 3 aliphatic heterocycles. The van der Waals surface area contributed by atoms with Crippen LogP contribution in [0.5, 0.6) is 0 Å². The van der Waals surface area contributed by atoms with Gasteiger partial charge in [0, 0.05) is 25.0 Å². The molecule has 0 amide bonds. The molecule has 304 valence electrons. The van der Waals surface area contributed by atoms with Crippen LogP contribution >= 0.6 is 0 Å². The molecule has 0 bridgehead atoms. The highest BCUT2D eigenvalue weighted by molar-refractivity contribution is 4.99. The number of aliphatic hydroxyl groups excluding tert-OH is 11. The SMILES string of the molecule is C=CCCCCCCO[C@@H]1OC(CO)[C@@H](O[C@@H]2OC(CO)[C@H](O)[C@H](O[C@H]3CC(CO)[C@H](O)[C@H](O)C3C)C2O[C@@H]2OC(C)[C@@H](O)[C@H](O)C2O)[C@H](O)C1O. The van der Waals surface area contributed by atoms with Crippen molar-refractivity contribution in [2.45, 2.75) is 163 Å². The molecule has 8 unspecified atom stereocenters. The second-order valence-corrected chi connectivity index (χ2v) is 14.3. The number of allylic oxidation sites excluding steroid dienone is 1. The minimum atomic E-state index is -1.83. The molecule has 20 atom stereocenters. The zero-order valence-corrected chi connectivity index (χ0v) is 29.7. The Morgan fingerprint density at radius 2 is 1.21 bits per heavy atom. The van der Waals surface area contributed by atoms with Crippen molar-refractivity contribution < 1.29 is 89.3 Å². The van der Waals surface area contributed by atoms with Gasteiger partial charge in [-0.3, -0.25) is 0 Å². The molecule has 0 aromatic carbocycles. The maximum atomic E-state index is 11.4. The smallest absolute Gasteiger partial charge is 0.187 e. The normalized spacial score (nSPS) is 47.3. The van der Waals surface area contributed by atoms with E-state index in [1.165, 1.54) is 6.92 Å². The Hall–Kier alpha value is -0.980. The number of ether oxygens (including phenoxy) is 7. The van der Waals surface area contributed by atoms with Crippen LogP contribution in [0, 0.1) is 11.8 Å². The van der Waals surface area contributed by atoms with Gasteiger partial charge in [-0.1, -0.05) is 25.8 Å². The van der Waals surface area contributed by atoms with Gasteiger partial charge in [-0.05, 0) is 32.6 Å². The Morgan fingerprint density at radius 1 is 0.577 bits per heavy atom. The van der Waals surface area contributed by atoms with Crippen LogP contribution in [-0.4, -0.2) is 193 Å². The van der Waals surface area contributed by atoms with Gasteiger partial charge in [-0.2, -0.15) is 0 Å². The molecule has 0 aromatic heterocycles. The molecule has 4 aliphatic rings. The third-order valence-electron chi connectivity index (χ3n) is 10.7. The number of aliphatic hydroxyl groups is 11. The molecule has 18 nitrogen and oxygen atoms in total. The van der Waals surface area contributed by atoms with Crippen LogP contribution in [0.3, 0.4) is 0 Å². The van der Waals surface area contributed by atoms with E-state index in [1.807, 2.05) is 6.08 Å². The van der Waals surface area contributed by atoms with E-state index < -0.39 is 142 Å². The maximum absolute atomic E-state index is 11.4. The fourth-order valence-corrected chi connectivity index (χ4v) is 7.21. The third-order valence-corrected chi connectivity index (χ3v) is 10.7. The van der Waals surface area contributed by atoms with E-state index in [-0.39, 0.29) is 13.0 Å². The number of hydrogen-bond donors (Lipinski definition) is 11. The predicted molar refractivity (Wildman–Crippen MR) is 176 cm³/mol. The summed E-state index contributed by atoms with van der Waals surface area (Å²) in [6, 6.07) is 0. The fraction of sp³-hybridized carbons (Fsp3) is 0.941. The first-order valence-electron chi connectivity index (χ1n) is 18.2. The monoisotopic (exact) mass is 756 g/mol. The molecule has 3 heterocycles. The van der Waals surface area contributed by atoms with Crippen molar-refractivity contribution in [3.63, 3.8) is 0 Å². The van der Waals surface area contributed by atoms with Gasteiger partial charge in [-0.15, -0.1) is 6.58 Å². The van der Waals surface area contributed by atoms with Crippen LogP contribution in [0.15, 0.2) is 12.7 Å². The number of unbranched alkanes of at least 4 members (excludes halogenated alkanes) is 4. The average molecular weight is 757 g/mol. The van der Waals surface area contributed by atoms with Crippen LogP contribution in [0.25, 0.3) is 0 Å². The largest absolute Gasteiger partial charge is 0.396 e. The molecule has 1 aliphatic carbocycles. The topological polar surface area (TPSA) is 287 Å². The number of hydrogen-bond acceptors (Lipinski definition) is 18. The van der Waals surface area contributed by atoms with E-state index in [0.29, 0.717) is 6.42 Å². The second kappa shape index (κ2) is 20.3. The summed E-state index contributed by atoms with van der Waals surface area (Å²) in [5.41, 5.74) is 0. The Labute approximate surface area is 303 Å². The predicted octanol–water partition coefficient (Wildman–Crippen LogP) is -3.62. The molecule has 52 heavy (non-hydrogen) atoms. The van der Waals surface area contributed by atoms with E-state index in [1.54, 1.807) is 6.92 Å². The summed E-state index contributed by atoms with van der Waals surface area (Å²) < 4.78 is 41.6. The molecule has 4 fully saturated rings. The molecular formula is C34H60O18. The Kier molecular flexibility index (Phi) is 17.0. The first-order valence-corrected chi connectivity index (χ1v) is 18.2. The molecule has 11 N–H and O–H groups in total. The summed E-state index contributed by atoms with van der Waals surface area (Å²) in [6.07, 6.45) is -20.6. The highest BCUT2D eigenvalue weighted by Gasteiger charge is 2.56. The molecule has 18 heteroatoms.